The van der Waals surface area contributed by atoms with E-state index in [9.17, 15) is 9.90 Å². The van der Waals surface area contributed by atoms with Crippen molar-refractivity contribution in [2.75, 3.05) is 12.0 Å². The molecular weight excluding hydrogens is 468 g/mol. The zero-order chi connectivity index (χ0) is 26.1. The number of aliphatic hydroxyl groups is 1. The molecule has 0 bridgehead atoms. The number of anilines is 1. The molecule has 8 heteroatoms. The third-order valence-electron chi connectivity index (χ3n) is 6.74. The molecule has 8 nitrogen and oxygen atoms in total. The van der Waals surface area contributed by atoms with E-state index in [-0.39, 0.29) is 18.4 Å². The summed E-state index contributed by atoms with van der Waals surface area (Å²) in [5.41, 5.74) is 5.26. The molecule has 1 aliphatic rings. The summed E-state index contributed by atoms with van der Waals surface area (Å²) in [6.45, 7) is 5.91. The molecule has 0 saturated heterocycles. The van der Waals surface area contributed by atoms with Crippen LogP contribution in [0.3, 0.4) is 0 Å². The summed E-state index contributed by atoms with van der Waals surface area (Å²) < 4.78 is 12.8. The van der Waals surface area contributed by atoms with Crippen molar-refractivity contribution >= 4 is 23.2 Å². The second-order valence-electron chi connectivity index (χ2n) is 9.41. The largest absolute Gasteiger partial charge is 0.497 e. The lowest BCUT2D eigenvalue weighted by Gasteiger charge is -2.24. The molecule has 2 atom stereocenters. The number of aliphatic hydroxyl groups excluding tert-OH is 1. The highest BCUT2D eigenvalue weighted by atomic mass is 16.5. The van der Waals surface area contributed by atoms with Crippen LogP contribution >= 0.6 is 0 Å². The van der Waals surface area contributed by atoms with E-state index < -0.39 is 6.10 Å². The van der Waals surface area contributed by atoms with Crippen LogP contribution in [0.5, 0.6) is 5.75 Å². The average Bonchev–Trinajstić information content (AvgIpc) is 3.54. The highest BCUT2D eigenvalue weighted by Crippen LogP contribution is 2.36. The molecule has 2 aromatic heterocycles. The highest BCUT2D eigenvalue weighted by Gasteiger charge is 2.26. The van der Waals surface area contributed by atoms with E-state index >= 15 is 0 Å². The first-order valence-corrected chi connectivity index (χ1v) is 12.3. The third-order valence-corrected chi connectivity index (χ3v) is 6.74. The van der Waals surface area contributed by atoms with Crippen LogP contribution in [0.1, 0.15) is 49.1 Å². The number of hydrogen-bond acceptors (Lipinski definition) is 6. The first-order chi connectivity index (χ1) is 17.8. The van der Waals surface area contributed by atoms with Crippen molar-refractivity contribution in [1.82, 2.24) is 14.8 Å². The van der Waals surface area contributed by atoms with Crippen molar-refractivity contribution < 1.29 is 19.1 Å². The van der Waals surface area contributed by atoms with Gasteiger partial charge in [0.2, 0.25) is 11.8 Å². The molecular formula is C29H30N4O4. The zero-order valence-corrected chi connectivity index (χ0v) is 21.4. The number of oxazole rings is 1. The monoisotopic (exact) mass is 498 g/mol. The number of aryl methyl sites for hydroxylation is 1. The minimum Gasteiger partial charge on any atom is -0.497 e. The van der Waals surface area contributed by atoms with E-state index in [0.717, 1.165) is 39.3 Å². The molecule has 1 amide bonds. The Kier molecular flexibility index (Phi) is 6.67. The molecule has 2 unspecified atom stereocenters. The summed E-state index contributed by atoms with van der Waals surface area (Å²) in [5, 5.41) is 14.4. The maximum atomic E-state index is 13.7. The Morgan fingerprint density at radius 1 is 1.11 bits per heavy atom. The van der Waals surface area contributed by atoms with Gasteiger partial charge in [0, 0.05) is 17.3 Å². The fourth-order valence-electron chi connectivity index (χ4n) is 4.37. The predicted octanol–water partition coefficient (Wildman–Crippen LogP) is 5.27. The van der Waals surface area contributed by atoms with Gasteiger partial charge in [-0.1, -0.05) is 24.3 Å². The predicted molar refractivity (Wildman–Crippen MR) is 142 cm³/mol. The number of methoxy groups -OCH3 is 1. The van der Waals surface area contributed by atoms with E-state index in [1.54, 1.807) is 31.1 Å². The minimum absolute atomic E-state index is 0.0488. The van der Waals surface area contributed by atoms with Gasteiger partial charge in [-0.3, -0.25) is 9.48 Å². The van der Waals surface area contributed by atoms with Gasteiger partial charge in [0.15, 0.2) is 0 Å². The molecule has 0 fully saturated rings. The van der Waals surface area contributed by atoms with Gasteiger partial charge in [0.1, 0.15) is 11.5 Å². The number of hydrogen-bond donors (Lipinski definition) is 1. The smallest absolute Gasteiger partial charge is 0.231 e. The fraction of sp³-hybridized carbons (Fsp3) is 0.276. The quantitative estimate of drug-likeness (QED) is 0.373. The van der Waals surface area contributed by atoms with Gasteiger partial charge in [-0.05, 0) is 61.7 Å². The van der Waals surface area contributed by atoms with Gasteiger partial charge in [0.25, 0.3) is 0 Å². The standard InChI is InChI=1S/C29H30N4O4/c1-18-14-30-29(37-18)24-11-23-8-7-22(25-15-31-33(17-25)19(2)20(3)34)12-27(23)32(28(35)13-24)16-21-5-9-26(36-4)10-6-21/h5-12,14-15,17,19-20,34H,13,16H2,1-4H3. The number of nitrogens with zero attached hydrogens (tertiary/aromatic N) is 4. The van der Waals surface area contributed by atoms with Crippen molar-refractivity contribution in [3.63, 3.8) is 0 Å². The number of amides is 1. The van der Waals surface area contributed by atoms with Gasteiger partial charge in [-0.25, -0.2) is 4.98 Å². The van der Waals surface area contributed by atoms with E-state index in [4.69, 9.17) is 9.15 Å². The van der Waals surface area contributed by atoms with Crippen molar-refractivity contribution in [3.8, 4) is 16.9 Å². The molecule has 1 N–H and O–H groups in total. The third kappa shape index (κ3) is 5.06. The summed E-state index contributed by atoms with van der Waals surface area (Å²) in [6.07, 6.45) is 6.99. The average molecular weight is 499 g/mol. The van der Waals surface area contributed by atoms with Crippen molar-refractivity contribution in [2.45, 2.75) is 45.9 Å². The number of rotatable bonds is 7. The number of carbonyl (C=O) groups excluding carboxylic acids is 1. The Bertz CT molecular complexity index is 1450. The Balaban J connectivity index is 1.57. The van der Waals surface area contributed by atoms with Gasteiger partial charge >= 0.3 is 0 Å². The molecule has 190 valence electrons. The molecule has 37 heavy (non-hydrogen) atoms. The molecule has 0 aliphatic carbocycles. The SMILES string of the molecule is COc1ccc(CN2C(=O)CC(c3ncc(C)o3)=Cc3ccc(-c4cnn(C(C)C(C)O)c4)cc32)cc1. The van der Waals surface area contributed by atoms with Crippen molar-refractivity contribution in [1.29, 1.82) is 0 Å². The van der Waals surface area contributed by atoms with Gasteiger partial charge in [-0.15, -0.1) is 0 Å². The lowest BCUT2D eigenvalue weighted by atomic mass is 10.0. The molecule has 4 aromatic rings. The van der Waals surface area contributed by atoms with E-state index in [1.807, 2.05) is 73.5 Å². The van der Waals surface area contributed by atoms with Crippen LogP contribution in [0.2, 0.25) is 0 Å². The Morgan fingerprint density at radius 3 is 2.57 bits per heavy atom. The first-order valence-electron chi connectivity index (χ1n) is 12.3. The van der Waals surface area contributed by atoms with Crippen LogP contribution in [0.15, 0.2) is 65.5 Å². The van der Waals surface area contributed by atoms with Crippen LogP contribution in [-0.4, -0.2) is 39.0 Å². The van der Waals surface area contributed by atoms with Gasteiger partial charge < -0.3 is 19.2 Å². The van der Waals surface area contributed by atoms with Gasteiger partial charge in [-0.2, -0.15) is 5.10 Å². The molecule has 0 spiro atoms. The second kappa shape index (κ2) is 10.1. The molecule has 5 rings (SSSR count). The summed E-state index contributed by atoms with van der Waals surface area (Å²) in [5.74, 6) is 1.87. The second-order valence-corrected chi connectivity index (χ2v) is 9.41. The number of carbonyl (C=O) groups is 1. The summed E-state index contributed by atoms with van der Waals surface area (Å²) in [4.78, 5) is 19.8. The van der Waals surface area contributed by atoms with Crippen molar-refractivity contribution in [3.05, 3.63) is 83.8 Å². The number of fused-ring (bicyclic) bond motifs is 1. The van der Waals surface area contributed by atoms with Crippen LogP contribution in [-0.2, 0) is 11.3 Å². The number of ether oxygens (including phenoxy) is 1. The summed E-state index contributed by atoms with van der Waals surface area (Å²) in [6, 6.07) is 13.6. The first kappa shape index (κ1) is 24.5. The Labute approximate surface area is 215 Å². The Morgan fingerprint density at radius 2 is 1.89 bits per heavy atom. The normalized spacial score (nSPS) is 15.1. The summed E-state index contributed by atoms with van der Waals surface area (Å²) in [7, 11) is 1.63. The molecule has 0 radical (unpaired) electrons. The molecule has 0 saturated carbocycles. The van der Waals surface area contributed by atoms with Crippen molar-refractivity contribution in [2.24, 2.45) is 0 Å². The zero-order valence-electron chi connectivity index (χ0n) is 21.4. The minimum atomic E-state index is -0.528. The maximum Gasteiger partial charge on any atom is 0.231 e. The van der Waals surface area contributed by atoms with E-state index in [2.05, 4.69) is 10.1 Å². The topological polar surface area (TPSA) is 93.6 Å². The fourth-order valence-corrected chi connectivity index (χ4v) is 4.37. The highest BCUT2D eigenvalue weighted by molar-refractivity contribution is 6.06. The maximum absolute atomic E-state index is 13.7. The van der Waals surface area contributed by atoms with E-state index in [0.29, 0.717) is 18.2 Å². The molecule has 2 aromatic carbocycles. The van der Waals surface area contributed by atoms with Crippen LogP contribution in [0.4, 0.5) is 5.69 Å². The van der Waals surface area contributed by atoms with Gasteiger partial charge in [0.05, 0.1) is 50.3 Å². The Hall–Kier alpha value is -4.17. The van der Waals surface area contributed by atoms with Crippen LogP contribution in [0.25, 0.3) is 22.8 Å². The summed E-state index contributed by atoms with van der Waals surface area (Å²) >= 11 is 0. The molecule has 3 heterocycles. The van der Waals surface area contributed by atoms with E-state index in [1.165, 1.54) is 0 Å². The number of aromatic nitrogens is 3. The lowest BCUT2D eigenvalue weighted by molar-refractivity contribution is -0.117. The lowest BCUT2D eigenvalue weighted by Crippen LogP contribution is -2.30. The molecule has 1 aliphatic heterocycles. The van der Waals surface area contributed by atoms with Crippen LogP contribution in [0, 0.1) is 6.92 Å². The number of benzene rings is 2. The van der Waals surface area contributed by atoms with Crippen LogP contribution < -0.4 is 9.64 Å².